The van der Waals surface area contributed by atoms with Crippen LogP contribution in [0.15, 0.2) is 6.07 Å². The number of hydrogen-bond acceptors (Lipinski definition) is 6. The van der Waals surface area contributed by atoms with Gasteiger partial charge in [0.1, 0.15) is 0 Å². The maximum Gasteiger partial charge on any atom is 0.231 e. The summed E-state index contributed by atoms with van der Waals surface area (Å²) in [5.41, 5.74) is 1.71. The SMILES string of the molecule is COc1c2c(cc3c1OCO3)C13CCN(C2)[C@@H]1CC[C@H](O)[C@@H]3O. The monoisotopic (exact) mass is 319 g/mol. The molecular weight excluding hydrogens is 298 g/mol. The van der Waals surface area contributed by atoms with Crippen LogP contribution in [0, 0.1) is 0 Å². The summed E-state index contributed by atoms with van der Waals surface area (Å²) in [6, 6.07) is 2.29. The minimum atomic E-state index is -0.754. The summed E-state index contributed by atoms with van der Waals surface area (Å²) in [4.78, 5) is 2.42. The van der Waals surface area contributed by atoms with E-state index in [1.807, 2.05) is 6.07 Å². The van der Waals surface area contributed by atoms with Crippen molar-refractivity contribution in [3.63, 3.8) is 0 Å². The number of fused-ring (bicyclic) bond motifs is 2. The fourth-order valence-electron chi connectivity index (χ4n) is 5.30. The summed E-state index contributed by atoms with van der Waals surface area (Å²) in [5.74, 6) is 2.06. The first-order valence-corrected chi connectivity index (χ1v) is 8.27. The van der Waals surface area contributed by atoms with E-state index >= 15 is 0 Å². The van der Waals surface area contributed by atoms with Crippen LogP contribution in [0.5, 0.6) is 17.2 Å². The quantitative estimate of drug-likeness (QED) is 0.796. The molecule has 3 heterocycles. The fourth-order valence-corrected chi connectivity index (χ4v) is 5.30. The summed E-state index contributed by atoms with van der Waals surface area (Å²) in [6.45, 7) is 1.92. The maximum atomic E-state index is 10.9. The molecule has 6 heteroatoms. The van der Waals surface area contributed by atoms with Crippen molar-refractivity contribution in [3.05, 3.63) is 17.2 Å². The van der Waals surface area contributed by atoms with Crippen LogP contribution < -0.4 is 14.2 Å². The van der Waals surface area contributed by atoms with E-state index < -0.39 is 17.6 Å². The molecule has 23 heavy (non-hydrogen) atoms. The molecule has 2 N–H and O–H groups in total. The Morgan fingerprint density at radius 2 is 2.17 bits per heavy atom. The van der Waals surface area contributed by atoms with E-state index in [4.69, 9.17) is 14.2 Å². The topological polar surface area (TPSA) is 71.4 Å². The number of aliphatic hydroxyl groups excluding tert-OH is 2. The zero-order valence-electron chi connectivity index (χ0n) is 13.1. The van der Waals surface area contributed by atoms with Crippen LogP contribution in [0.1, 0.15) is 30.4 Å². The summed E-state index contributed by atoms with van der Waals surface area (Å²) >= 11 is 0. The van der Waals surface area contributed by atoms with Gasteiger partial charge in [-0.25, -0.2) is 0 Å². The highest BCUT2D eigenvalue weighted by Gasteiger charge is 2.60. The standard InChI is InChI=1S/C17H21NO5/c1-21-14-9-7-18-5-4-17(13(18)3-2-11(19)16(17)20)10(9)6-12-15(14)23-8-22-12/h6,11,13,16,19-20H,2-5,7-8H2,1H3/t11-,13+,16-,17?/m0/s1. The maximum absolute atomic E-state index is 10.9. The van der Waals surface area contributed by atoms with Crippen LogP contribution >= 0.6 is 0 Å². The smallest absolute Gasteiger partial charge is 0.231 e. The van der Waals surface area contributed by atoms with E-state index in [1.165, 1.54) is 0 Å². The lowest BCUT2D eigenvalue weighted by molar-refractivity contribution is -0.0811. The second-order valence-electron chi connectivity index (χ2n) is 7.04. The molecule has 2 unspecified atom stereocenters. The van der Waals surface area contributed by atoms with Gasteiger partial charge in [0.05, 0.1) is 19.3 Å². The number of methoxy groups -OCH3 is 1. The van der Waals surface area contributed by atoms with Gasteiger partial charge in [-0.3, -0.25) is 4.90 Å². The van der Waals surface area contributed by atoms with Crippen molar-refractivity contribution in [1.29, 1.82) is 0 Å². The van der Waals surface area contributed by atoms with Crippen molar-refractivity contribution in [1.82, 2.24) is 4.90 Å². The van der Waals surface area contributed by atoms with E-state index in [-0.39, 0.29) is 12.8 Å². The number of aliphatic hydroxyl groups is 2. The molecule has 4 aliphatic rings. The summed E-state index contributed by atoms with van der Waals surface area (Å²) in [5, 5.41) is 21.2. The molecule has 2 bridgehead atoms. The molecule has 5 atom stereocenters. The summed E-state index contributed by atoms with van der Waals surface area (Å²) < 4.78 is 16.8. The average Bonchev–Trinajstić information content (AvgIpc) is 3.12. The minimum absolute atomic E-state index is 0.194. The molecular formula is C17H21NO5. The van der Waals surface area contributed by atoms with E-state index in [2.05, 4.69) is 4.90 Å². The van der Waals surface area contributed by atoms with Crippen molar-refractivity contribution in [2.24, 2.45) is 0 Å². The van der Waals surface area contributed by atoms with Gasteiger partial charge in [0.25, 0.3) is 0 Å². The molecule has 0 amide bonds. The third-order valence-corrected chi connectivity index (χ3v) is 6.27. The molecule has 1 aliphatic carbocycles. The van der Waals surface area contributed by atoms with Crippen molar-refractivity contribution >= 4 is 0 Å². The Bertz CT molecular complexity index is 677. The minimum Gasteiger partial charge on any atom is -0.492 e. The van der Waals surface area contributed by atoms with Gasteiger partial charge in [0, 0.05) is 23.6 Å². The van der Waals surface area contributed by atoms with E-state index in [1.54, 1.807) is 7.11 Å². The van der Waals surface area contributed by atoms with E-state index in [0.29, 0.717) is 23.7 Å². The van der Waals surface area contributed by atoms with Crippen LogP contribution in [0.4, 0.5) is 0 Å². The lowest BCUT2D eigenvalue weighted by Crippen LogP contribution is -2.60. The summed E-state index contributed by atoms with van der Waals surface area (Å²) in [6.07, 6.45) is 0.991. The van der Waals surface area contributed by atoms with Crippen LogP contribution in [0.3, 0.4) is 0 Å². The van der Waals surface area contributed by atoms with Gasteiger partial charge in [-0.15, -0.1) is 0 Å². The molecule has 1 saturated carbocycles. The normalized spacial score (nSPS) is 39.8. The van der Waals surface area contributed by atoms with Crippen LogP contribution in [0.2, 0.25) is 0 Å². The third-order valence-electron chi connectivity index (χ3n) is 6.27. The van der Waals surface area contributed by atoms with Gasteiger partial charge >= 0.3 is 0 Å². The predicted octanol–water partition coefficient (Wildman–Crippen LogP) is 0.765. The number of nitrogens with zero attached hydrogens (tertiary/aromatic N) is 1. The Balaban J connectivity index is 1.77. The fraction of sp³-hybridized carbons (Fsp3) is 0.647. The first-order chi connectivity index (χ1) is 11.2. The average molecular weight is 319 g/mol. The van der Waals surface area contributed by atoms with Crippen molar-refractivity contribution < 1.29 is 24.4 Å². The first kappa shape index (κ1) is 13.9. The van der Waals surface area contributed by atoms with Gasteiger partial charge in [-0.05, 0) is 37.4 Å². The predicted molar refractivity (Wildman–Crippen MR) is 80.9 cm³/mol. The number of hydrogen-bond donors (Lipinski definition) is 2. The lowest BCUT2D eigenvalue weighted by atomic mass is 9.61. The highest BCUT2D eigenvalue weighted by atomic mass is 16.7. The Labute approximate surface area is 134 Å². The zero-order valence-corrected chi connectivity index (χ0v) is 13.1. The number of ether oxygens (including phenoxy) is 3. The number of benzene rings is 1. The van der Waals surface area contributed by atoms with Gasteiger partial charge in [0.2, 0.25) is 12.5 Å². The van der Waals surface area contributed by atoms with Gasteiger partial charge in [0.15, 0.2) is 11.5 Å². The Morgan fingerprint density at radius 3 is 3.00 bits per heavy atom. The highest BCUT2D eigenvalue weighted by Crippen LogP contribution is 2.58. The molecule has 1 aromatic rings. The van der Waals surface area contributed by atoms with Crippen molar-refractivity contribution in [2.45, 2.75) is 49.5 Å². The first-order valence-electron chi connectivity index (χ1n) is 8.27. The van der Waals surface area contributed by atoms with Crippen molar-refractivity contribution in [2.75, 3.05) is 20.4 Å². The lowest BCUT2D eigenvalue weighted by Gasteiger charge is -2.51. The highest BCUT2D eigenvalue weighted by molar-refractivity contribution is 5.63. The van der Waals surface area contributed by atoms with E-state index in [9.17, 15) is 10.2 Å². The molecule has 6 nitrogen and oxygen atoms in total. The number of rotatable bonds is 1. The molecule has 0 aromatic heterocycles. The molecule has 1 aromatic carbocycles. The molecule has 1 saturated heterocycles. The van der Waals surface area contributed by atoms with Crippen LogP contribution in [-0.4, -0.2) is 53.8 Å². The van der Waals surface area contributed by atoms with Crippen LogP contribution in [-0.2, 0) is 12.0 Å². The molecule has 2 fully saturated rings. The van der Waals surface area contributed by atoms with E-state index in [0.717, 1.165) is 37.1 Å². The Morgan fingerprint density at radius 1 is 1.30 bits per heavy atom. The molecule has 124 valence electrons. The zero-order chi connectivity index (χ0) is 15.8. The second-order valence-corrected chi connectivity index (χ2v) is 7.04. The third kappa shape index (κ3) is 1.54. The Hall–Kier alpha value is -1.50. The molecule has 5 rings (SSSR count). The van der Waals surface area contributed by atoms with Gasteiger partial charge in [-0.2, -0.15) is 0 Å². The molecule has 0 spiro atoms. The van der Waals surface area contributed by atoms with Crippen molar-refractivity contribution in [3.8, 4) is 17.2 Å². The molecule has 3 aliphatic heterocycles. The largest absolute Gasteiger partial charge is 0.492 e. The van der Waals surface area contributed by atoms with Gasteiger partial charge in [-0.1, -0.05) is 0 Å². The summed E-state index contributed by atoms with van der Waals surface area (Å²) in [7, 11) is 1.64. The molecule has 0 radical (unpaired) electrons. The Kier molecular flexibility index (Phi) is 2.73. The second kappa shape index (κ2) is 4.53. The van der Waals surface area contributed by atoms with Crippen LogP contribution in [0.25, 0.3) is 0 Å². The van der Waals surface area contributed by atoms with Gasteiger partial charge < -0.3 is 24.4 Å².